The van der Waals surface area contributed by atoms with Crippen molar-refractivity contribution in [1.82, 2.24) is 5.32 Å². The molecule has 2 unspecified atom stereocenters. The second kappa shape index (κ2) is 5.31. The maximum Gasteiger partial charge on any atom is 0.134 e. The van der Waals surface area contributed by atoms with Gasteiger partial charge in [0.1, 0.15) is 11.3 Å². The Morgan fingerprint density at radius 1 is 1.35 bits per heavy atom. The molecule has 1 aromatic carbocycles. The predicted molar refractivity (Wildman–Crippen MR) is 65.7 cm³/mol. The Morgan fingerprint density at radius 2 is 2.12 bits per heavy atom. The van der Waals surface area contributed by atoms with Crippen LogP contribution in [0.1, 0.15) is 18.7 Å². The summed E-state index contributed by atoms with van der Waals surface area (Å²) < 4.78 is 5.69. The summed E-state index contributed by atoms with van der Waals surface area (Å²) in [7, 11) is 0. The highest BCUT2D eigenvalue weighted by atomic mass is 16.3. The molecule has 1 aromatic heterocycles. The quantitative estimate of drug-likeness (QED) is 0.733. The molecule has 92 valence electrons. The number of fused-ring (bicyclic) bond motifs is 1. The van der Waals surface area contributed by atoms with Gasteiger partial charge >= 0.3 is 0 Å². The van der Waals surface area contributed by atoms with Crippen LogP contribution in [0.4, 0.5) is 0 Å². The molecule has 17 heavy (non-hydrogen) atoms. The van der Waals surface area contributed by atoms with E-state index in [1.165, 1.54) is 0 Å². The molecular weight excluding hydrogens is 218 g/mol. The SMILES string of the molecule is CC(NCC(O)CO)c1cc2ccccc2o1. The molecular formula is C13H17NO3. The van der Waals surface area contributed by atoms with Crippen LogP contribution in [0.3, 0.4) is 0 Å². The van der Waals surface area contributed by atoms with Crippen LogP contribution in [-0.2, 0) is 0 Å². The van der Waals surface area contributed by atoms with Crippen LogP contribution in [0.25, 0.3) is 11.0 Å². The smallest absolute Gasteiger partial charge is 0.134 e. The number of para-hydroxylation sites is 1. The Morgan fingerprint density at radius 3 is 2.82 bits per heavy atom. The second-order valence-corrected chi connectivity index (χ2v) is 4.15. The van der Waals surface area contributed by atoms with Gasteiger partial charge in [0.25, 0.3) is 0 Å². The molecule has 2 aromatic rings. The molecule has 0 aliphatic carbocycles. The van der Waals surface area contributed by atoms with Crippen LogP contribution in [0, 0.1) is 0 Å². The first-order valence-electron chi connectivity index (χ1n) is 5.71. The molecule has 0 amide bonds. The zero-order valence-corrected chi connectivity index (χ0v) is 9.76. The average molecular weight is 235 g/mol. The van der Waals surface area contributed by atoms with E-state index in [1.807, 2.05) is 37.3 Å². The van der Waals surface area contributed by atoms with E-state index in [4.69, 9.17) is 9.52 Å². The number of hydrogen-bond acceptors (Lipinski definition) is 4. The van der Waals surface area contributed by atoms with E-state index in [0.29, 0.717) is 6.54 Å². The largest absolute Gasteiger partial charge is 0.459 e. The monoisotopic (exact) mass is 235 g/mol. The molecule has 4 heteroatoms. The lowest BCUT2D eigenvalue weighted by molar-refractivity contribution is 0.0917. The molecule has 2 rings (SSSR count). The number of rotatable bonds is 5. The zero-order valence-electron chi connectivity index (χ0n) is 9.76. The van der Waals surface area contributed by atoms with Crippen molar-refractivity contribution in [2.45, 2.75) is 19.1 Å². The van der Waals surface area contributed by atoms with Gasteiger partial charge in [0.05, 0.1) is 18.8 Å². The van der Waals surface area contributed by atoms with Crippen LogP contribution >= 0.6 is 0 Å². The molecule has 3 N–H and O–H groups in total. The van der Waals surface area contributed by atoms with E-state index in [0.717, 1.165) is 16.7 Å². The van der Waals surface area contributed by atoms with Crippen molar-refractivity contribution in [3.8, 4) is 0 Å². The fourth-order valence-electron chi connectivity index (χ4n) is 1.69. The van der Waals surface area contributed by atoms with Crippen molar-refractivity contribution >= 4 is 11.0 Å². The van der Waals surface area contributed by atoms with Crippen LogP contribution in [0.15, 0.2) is 34.7 Å². The summed E-state index contributed by atoms with van der Waals surface area (Å²) >= 11 is 0. The van der Waals surface area contributed by atoms with E-state index in [9.17, 15) is 5.11 Å². The van der Waals surface area contributed by atoms with Gasteiger partial charge in [-0.25, -0.2) is 0 Å². The van der Waals surface area contributed by atoms with Crippen molar-refractivity contribution in [2.24, 2.45) is 0 Å². The predicted octanol–water partition coefficient (Wildman–Crippen LogP) is 1.44. The van der Waals surface area contributed by atoms with E-state index in [-0.39, 0.29) is 12.6 Å². The Kier molecular flexibility index (Phi) is 3.78. The standard InChI is InChI=1S/C13H17NO3/c1-9(14-7-11(16)8-15)13-6-10-4-2-3-5-12(10)17-13/h2-6,9,11,14-16H,7-8H2,1H3. The number of furan rings is 1. The van der Waals surface area contributed by atoms with E-state index in [1.54, 1.807) is 0 Å². The van der Waals surface area contributed by atoms with Crippen LogP contribution < -0.4 is 5.32 Å². The molecule has 0 saturated heterocycles. The molecule has 0 aliphatic heterocycles. The highest BCUT2D eigenvalue weighted by molar-refractivity contribution is 5.77. The van der Waals surface area contributed by atoms with Gasteiger partial charge in [-0.3, -0.25) is 0 Å². The Hall–Kier alpha value is -1.36. The summed E-state index contributed by atoms with van der Waals surface area (Å²) in [6.07, 6.45) is -0.734. The molecule has 0 aliphatic rings. The molecule has 1 heterocycles. The molecule has 0 saturated carbocycles. The normalized spacial score (nSPS) is 15.0. The molecule has 0 bridgehead atoms. The molecule has 2 atom stereocenters. The number of nitrogens with one attached hydrogen (secondary N) is 1. The Bertz CT molecular complexity index is 447. The van der Waals surface area contributed by atoms with E-state index < -0.39 is 6.10 Å². The van der Waals surface area contributed by atoms with Gasteiger partial charge in [-0.05, 0) is 19.1 Å². The summed E-state index contributed by atoms with van der Waals surface area (Å²) in [6, 6.07) is 9.81. The number of benzene rings is 1. The second-order valence-electron chi connectivity index (χ2n) is 4.15. The summed E-state index contributed by atoms with van der Waals surface area (Å²) in [6.45, 7) is 2.07. The lowest BCUT2D eigenvalue weighted by atomic mass is 10.2. The van der Waals surface area contributed by atoms with Gasteiger partial charge in [0.15, 0.2) is 0 Å². The van der Waals surface area contributed by atoms with Crippen LogP contribution in [0.5, 0.6) is 0 Å². The van der Waals surface area contributed by atoms with Crippen molar-refractivity contribution in [3.05, 3.63) is 36.1 Å². The fourth-order valence-corrected chi connectivity index (χ4v) is 1.69. The third kappa shape index (κ3) is 2.85. The first-order chi connectivity index (χ1) is 8.20. The molecule has 0 radical (unpaired) electrons. The topological polar surface area (TPSA) is 65.6 Å². The molecule has 4 nitrogen and oxygen atoms in total. The van der Waals surface area contributed by atoms with E-state index >= 15 is 0 Å². The lowest BCUT2D eigenvalue weighted by Gasteiger charge is -2.13. The number of aliphatic hydroxyl groups excluding tert-OH is 2. The van der Waals surface area contributed by atoms with Gasteiger partial charge in [-0.1, -0.05) is 18.2 Å². The van der Waals surface area contributed by atoms with Crippen molar-refractivity contribution in [3.63, 3.8) is 0 Å². The van der Waals surface area contributed by atoms with Crippen molar-refractivity contribution in [1.29, 1.82) is 0 Å². The lowest BCUT2D eigenvalue weighted by Crippen LogP contribution is -2.31. The van der Waals surface area contributed by atoms with Gasteiger partial charge in [0.2, 0.25) is 0 Å². The summed E-state index contributed by atoms with van der Waals surface area (Å²) in [5, 5.41) is 22.1. The number of aliphatic hydroxyl groups is 2. The van der Waals surface area contributed by atoms with E-state index in [2.05, 4.69) is 5.32 Å². The third-order valence-electron chi connectivity index (χ3n) is 2.74. The highest BCUT2D eigenvalue weighted by Gasteiger charge is 2.12. The summed E-state index contributed by atoms with van der Waals surface area (Å²) in [5.74, 6) is 0.830. The van der Waals surface area contributed by atoms with Crippen molar-refractivity contribution < 1.29 is 14.6 Å². The van der Waals surface area contributed by atoms with Crippen molar-refractivity contribution in [2.75, 3.05) is 13.2 Å². The highest BCUT2D eigenvalue weighted by Crippen LogP contribution is 2.23. The third-order valence-corrected chi connectivity index (χ3v) is 2.74. The minimum absolute atomic E-state index is 0.00333. The minimum Gasteiger partial charge on any atom is -0.459 e. The Labute approximate surface area is 99.9 Å². The fraction of sp³-hybridized carbons (Fsp3) is 0.385. The summed E-state index contributed by atoms with van der Waals surface area (Å²) in [4.78, 5) is 0. The van der Waals surface area contributed by atoms with Gasteiger partial charge in [-0.15, -0.1) is 0 Å². The maximum absolute atomic E-state index is 9.25. The van der Waals surface area contributed by atoms with Gasteiger partial charge < -0.3 is 19.9 Å². The average Bonchev–Trinajstić information content (AvgIpc) is 2.79. The first-order valence-corrected chi connectivity index (χ1v) is 5.71. The number of hydrogen-bond donors (Lipinski definition) is 3. The zero-order chi connectivity index (χ0) is 12.3. The maximum atomic E-state index is 9.25. The van der Waals surface area contributed by atoms with Crippen LogP contribution in [-0.4, -0.2) is 29.5 Å². The first kappa shape index (κ1) is 12.1. The molecule has 0 fully saturated rings. The molecule has 0 spiro atoms. The van der Waals surface area contributed by atoms with Crippen LogP contribution in [0.2, 0.25) is 0 Å². The minimum atomic E-state index is -0.734. The summed E-state index contributed by atoms with van der Waals surface area (Å²) in [5.41, 5.74) is 0.860. The van der Waals surface area contributed by atoms with Gasteiger partial charge in [0, 0.05) is 11.9 Å². The Balaban J connectivity index is 2.06. The van der Waals surface area contributed by atoms with Gasteiger partial charge in [-0.2, -0.15) is 0 Å².